The van der Waals surface area contributed by atoms with Gasteiger partial charge in [-0.15, -0.1) is 0 Å². The van der Waals surface area contributed by atoms with Gasteiger partial charge >= 0.3 is 0 Å². The van der Waals surface area contributed by atoms with E-state index in [-0.39, 0.29) is 16.5 Å². The van der Waals surface area contributed by atoms with Gasteiger partial charge in [-0.2, -0.15) is 0 Å². The summed E-state index contributed by atoms with van der Waals surface area (Å²) < 4.78 is 0. The molecule has 0 heterocycles. The van der Waals surface area contributed by atoms with Crippen LogP contribution in [0.3, 0.4) is 0 Å². The van der Waals surface area contributed by atoms with Gasteiger partial charge in [-0.3, -0.25) is 4.79 Å². The van der Waals surface area contributed by atoms with Crippen LogP contribution in [-0.2, 0) is 4.79 Å². The Bertz CT molecular complexity index is 547. The summed E-state index contributed by atoms with van der Waals surface area (Å²) in [5.41, 5.74) is 6.82. The molecule has 2 unspecified atom stereocenters. The summed E-state index contributed by atoms with van der Waals surface area (Å²) in [6, 6.07) is 0. The van der Waals surface area contributed by atoms with Crippen molar-refractivity contribution in [2.75, 3.05) is 0 Å². The van der Waals surface area contributed by atoms with Crippen molar-refractivity contribution in [1.29, 1.82) is 0 Å². The summed E-state index contributed by atoms with van der Waals surface area (Å²) in [7, 11) is 0. The number of hydrogen-bond acceptors (Lipinski definition) is 2. The third-order valence-corrected chi connectivity index (χ3v) is 9.00. The first-order valence-corrected chi connectivity index (χ1v) is 10.5. The van der Waals surface area contributed by atoms with E-state index in [1.807, 2.05) is 0 Å². The van der Waals surface area contributed by atoms with E-state index >= 15 is 0 Å². The second kappa shape index (κ2) is 4.39. The number of hydrogen-bond donors (Lipinski definition) is 2. The minimum absolute atomic E-state index is 0.000155. The molecule has 1 amide bonds. The molecule has 0 aromatic carbocycles. The average Bonchev–Trinajstić information content (AvgIpc) is 2.42. The van der Waals surface area contributed by atoms with E-state index in [2.05, 4.69) is 5.32 Å². The largest absolute Gasteiger partial charge is 0.350 e. The molecule has 8 aliphatic rings. The molecule has 3 heteroatoms. The molecule has 8 saturated carbocycles. The normalized spacial score (nSPS) is 59.8. The van der Waals surface area contributed by atoms with Crippen LogP contribution < -0.4 is 11.1 Å². The maximum Gasteiger partial charge on any atom is 0.226 e. The fraction of sp³-hybridized carbons (Fsp3) is 0.952. The summed E-state index contributed by atoms with van der Waals surface area (Å²) in [6.07, 6.45) is 15.0. The predicted molar refractivity (Wildman–Crippen MR) is 93.1 cm³/mol. The minimum atomic E-state index is -0.000155. The van der Waals surface area contributed by atoms with Crippen molar-refractivity contribution in [2.45, 2.75) is 88.1 Å². The van der Waals surface area contributed by atoms with Crippen LogP contribution in [0.2, 0.25) is 0 Å². The zero-order valence-electron chi connectivity index (χ0n) is 14.9. The molecular weight excluding hydrogens is 296 g/mol. The molecule has 8 fully saturated rings. The zero-order chi connectivity index (χ0) is 16.2. The van der Waals surface area contributed by atoms with Crippen molar-refractivity contribution in [2.24, 2.45) is 40.7 Å². The van der Waals surface area contributed by atoms with Crippen molar-refractivity contribution in [3.8, 4) is 0 Å². The van der Waals surface area contributed by atoms with Gasteiger partial charge in [0.2, 0.25) is 5.91 Å². The van der Waals surface area contributed by atoms with Crippen LogP contribution in [0, 0.1) is 35.0 Å². The number of rotatable bonds is 2. The van der Waals surface area contributed by atoms with Crippen LogP contribution in [0.1, 0.15) is 77.0 Å². The summed E-state index contributed by atoms with van der Waals surface area (Å²) in [6.45, 7) is 0. The topological polar surface area (TPSA) is 55.1 Å². The first kappa shape index (κ1) is 14.6. The Labute approximate surface area is 145 Å². The summed E-state index contributed by atoms with van der Waals surface area (Å²) >= 11 is 0. The molecule has 2 atom stereocenters. The van der Waals surface area contributed by atoms with Crippen molar-refractivity contribution in [3.63, 3.8) is 0 Å². The molecule has 24 heavy (non-hydrogen) atoms. The molecule has 0 spiro atoms. The molecule has 3 nitrogen and oxygen atoms in total. The number of nitrogens with two attached hydrogens (primary N) is 1. The lowest BCUT2D eigenvalue weighted by molar-refractivity contribution is -0.152. The number of carbonyl (C=O) groups excluding carboxylic acids is 1. The maximum atomic E-state index is 13.5. The second-order valence-corrected chi connectivity index (χ2v) is 11.3. The highest BCUT2D eigenvalue weighted by atomic mass is 16.2. The Morgan fingerprint density at radius 3 is 1.75 bits per heavy atom. The van der Waals surface area contributed by atoms with Gasteiger partial charge in [0, 0.05) is 16.5 Å². The lowest BCUT2D eigenvalue weighted by Crippen LogP contribution is -2.69. The molecule has 0 aromatic heterocycles. The minimum Gasteiger partial charge on any atom is -0.350 e. The highest BCUT2D eigenvalue weighted by Crippen LogP contribution is 2.61. The third-order valence-electron chi connectivity index (χ3n) is 9.00. The predicted octanol–water partition coefficient (Wildman–Crippen LogP) is 3.37. The quantitative estimate of drug-likeness (QED) is 0.816. The van der Waals surface area contributed by atoms with Gasteiger partial charge in [-0.1, -0.05) is 0 Å². The Morgan fingerprint density at radius 2 is 1.25 bits per heavy atom. The molecule has 132 valence electrons. The smallest absolute Gasteiger partial charge is 0.226 e. The Kier molecular flexibility index (Phi) is 2.67. The first-order chi connectivity index (χ1) is 11.4. The Balaban J connectivity index is 1.27. The first-order valence-electron chi connectivity index (χ1n) is 10.5. The van der Waals surface area contributed by atoms with Crippen LogP contribution in [0.5, 0.6) is 0 Å². The van der Waals surface area contributed by atoms with Crippen LogP contribution >= 0.6 is 0 Å². The van der Waals surface area contributed by atoms with Gasteiger partial charge in [-0.05, 0) is 107 Å². The molecular formula is C21H32N2O. The van der Waals surface area contributed by atoms with E-state index in [4.69, 9.17) is 5.73 Å². The fourth-order valence-corrected chi connectivity index (χ4v) is 9.24. The number of amides is 1. The molecule has 8 aliphatic carbocycles. The van der Waals surface area contributed by atoms with Crippen molar-refractivity contribution in [1.82, 2.24) is 5.32 Å². The number of carbonyl (C=O) groups is 1. The van der Waals surface area contributed by atoms with E-state index in [0.717, 1.165) is 36.0 Å². The van der Waals surface area contributed by atoms with Crippen molar-refractivity contribution >= 4 is 5.91 Å². The summed E-state index contributed by atoms with van der Waals surface area (Å²) in [4.78, 5) is 13.5. The molecule has 0 aromatic rings. The molecule has 8 rings (SSSR count). The highest BCUT2D eigenvalue weighted by Gasteiger charge is 2.60. The SMILES string of the molecule is NC12CC3CC(C1)CC(NC(=O)C14CC5CC(CC(C5)C1)C4)(C3)C2. The third kappa shape index (κ3) is 1.97. The van der Waals surface area contributed by atoms with Crippen LogP contribution in [0.25, 0.3) is 0 Å². The standard InChI is InChI=1S/C21H32N2O/c22-20-8-16-4-17(9-20)11-21(10-16,12-20)23-18(24)19-5-13-1-14(6-19)3-15(2-13)7-19/h13-17H,1-12,22H2,(H,23,24). The Morgan fingerprint density at radius 1 is 0.750 bits per heavy atom. The maximum absolute atomic E-state index is 13.5. The van der Waals surface area contributed by atoms with Gasteiger partial charge < -0.3 is 11.1 Å². The molecule has 0 aliphatic heterocycles. The monoisotopic (exact) mass is 328 g/mol. The fourth-order valence-electron chi connectivity index (χ4n) is 9.24. The zero-order valence-corrected chi connectivity index (χ0v) is 14.9. The van der Waals surface area contributed by atoms with E-state index < -0.39 is 0 Å². The van der Waals surface area contributed by atoms with E-state index in [1.165, 1.54) is 70.6 Å². The van der Waals surface area contributed by atoms with E-state index in [1.54, 1.807) is 0 Å². The summed E-state index contributed by atoms with van der Waals surface area (Å²) in [5.74, 6) is 4.52. The summed E-state index contributed by atoms with van der Waals surface area (Å²) in [5, 5.41) is 3.69. The van der Waals surface area contributed by atoms with Gasteiger partial charge in [0.15, 0.2) is 0 Å². The van der Waals surface area contributed by atoms with Gasteiger partial charge in [0.25, 0.3) is 0 Å². The molecule has 8 bridgehead atoms. The second-order valence-electron chi connectivity index (χ2n) is 11.3. The lowest BCUT2D eigenvalue weighted by Gasteiger charge is -2.62. The van der Waals surface area contributed by atoms with Crippen LogP contribution in [-0.4, -0.2) is 17.0 Å². The lowest BCUT2D eigenvalue weighted by atomic mass is 9.48. The van der Waals surface area contributed by atoms with E-state index in [0.29, 0.717) is 5.91 Å². The number of nitrogens with one attached hydrogen (secondary N) is 1. The van der Waals surface area contributed by atoms with Gasteiger partial charge in [0.05, 0.1) is 0 Å². The van der Waals surface area contributed by atoms with Gasteiger partial charge in [-0.25, -0.2) is 0 Å². The van der Waals surface area contributed by atoms with Crippen LogP contribution in [0.4, 0.5) is 0 Å². The Hall–Kier alpha value is -0.570. The van der Waals surface area contributed by atoms with Crippen LogP contribution in [0.15, 0.2) is 0 Å². The average molecular weight is 329 g/mol. The van der Waals surface area contributed by atoms with E-state index in [9.17, 15) is 4.79 Å². The van der Waals surface area contributed by atoms with Gasteiger partial charge in [0.1, 0.15) is 0 Å². The van der Waals surface area contributed by atoms with Crippen molar-refractivity contribution < 1.29 is 4.79 Å². The van der Waals surface area contributed by atoms with Crippen molar-refractivity contribution in [3.05, 3.63) is 0 Å². The molecule has 0 saturated heterocycles. The molecule has 3 N–H and O–H groups in total. The highest BCUT2D eigenvalue weighted by molar-refractivity contribution is 5.84. The molecule has 0 radical (unpaired) electrons.